The summed E-state index contributed by atoms with van der Waals surface area (Å²) >= 11 is 6.06. The zero-order valence-electron chi connectivity index (χ0n) is 16.5. The van der Waals surface area contributed by atoms with Crippen LogP contribution in [0.2, 0.25) is 5.02 Å². The van der Waals surface area contributed by atoms with Gasteiger partial charge in [-0.2, -0.15) is 5.10 Å². The standard InChI is InChI=1S/C22H21ClN4O3/c1-29-13-18-20(14-4-6-15(23)7-5-14)21-24-11-17-19(27(21)25-18)8-9-26(22(17)28)12-16-3-2-10-30-16/h4-9,11,16H,2-3,10,12-13H2,1H3/t16-/m0/s1. The van der Waals surface area contributed by atoms with Crippen LogP contribution in [-0.2, 0) is 22.6 Å². The van der Waals surface area contributed by atoms with Crippen molar-refractivity contribution in [2.24, 2.45) is 0 Å². The van der Waals surface area contributed by atoms with E-state index < -0.39 is 0 Å². The fourth-order valence-electron chi connectivity index (χ4n) is 4.06. The lowest BCUT2D eigenvalue weighted by Gasteiger charge is -2.12. The molecule has 3 aromatic heterocycles. The van der Waals surface area contributed by atoms with Gasteiger partial charge < -0.3 is 14.0 Å². The summed E-state index contributed by atoms with van der Waals surface area (Å²) in [5, 5.41) is 5.91. The first-order valence-electron chi connectivity index (χ1n) is 9.92. The van der Waals surface area contributed by atoms with Gasteiger partial charge in [0, 0.05) is 31.1 Å². The third kappa shape index (κ3) is 3.29. The van der Waals surface area contributed by atoms with Crippen LogP contribution in [0.5, 0.6) is 0 Å². The van der Waals surface area contributed by atoms with Crippen LogP contribution in [0.15, 0.2) is 47.5 Å². The average molecular weight is 425 g/mol. The minimum atomic E-state index is -0.0887. The molecule has 1 aliphatic heterocycles. The Morgan fingerprint density at radius 1 is 1.27 bits per heavy atom. The molecule has 8 heteroatoms. The quantitative estimate of drug-likeness (QED) is 0.488. The minimum Gasteiger partial charge on any atom is -0.378 e. The van der Waals surface area contributed by atoms with E-state index in [9.17, 15) is 4.79 Å². The van der Waals surface area contributed by atoms with E-state index in [-0.39, 0.29) is 11.7 Å². The van der Waals surface area contributed by atoms with Crippen LogP contribution >= 0.6 is 11.6 Å². The SMILES string of the molecule is COCc1nn2c(ncc3c(=O)n(C[C@@H]4CCCO4)ccc32)c1-c1ccc(Cl)cc1. The number of pyridine rings is 1. The normalized spacial score (nSPS) is 16.7. The van der Waals surface area contributed by atoms with Gasteiger partial charge in [0.05, 0.1) is 41.4 Å². The highest BCUT2D eigenvalue weighted by Crippen LogP contribution is 2.30. The predicted molar refractivity (Wildman–Crippen MR) is 115 cm³/mol. The molecule has 0 N–H and O–H groups in total. The van der Waals surface area contributed by atoms with E-state index in [2.05, 4.69) is 4.98 Å². The van der Waals surface area contributed by atoms with Crippen LogP contribution in [0, 0.1) is 0 Å². The second-order valence-electron chi connectivity index (χ2n) is 7.46. The molecule has 5 rings (SSSR count). The molecule has 30 heavy (non-hydrogen) atoms. The molecular formula is C22H21ClN4O3. The fourth-order valence-corrected chi connectivity index (χ4v) is 4.18. The number of hydrogen-bond donors (Lipinski definition) is 0. The number of halogens is 1. The van der Waals surface area contributed by atoms with Gasteiger partial charge in [0.25, 0.3) is 5.56 Å². The van der Waals surface area contributed by atoms with E-state index in [0.29, 0.717) is 34.7 Å². The molecule has 1 fully saturated rings. The van der Waals surface area contributed by atoms with E-state index in [4.69, 9.17) is 26.2 Å². The summed E-state index contributed by atoms with van der Waals surface area (Å²) in [6.45, 7) is 1.65. The molecule has 0 unspecified atom stereocenters. The Morgan fingerprint density at radius 3 is 2.83 bits per heavy atom. The third-order valence-corrected chi connectivity index (χ3v) is 5.75. The van der Waals surface area contributed by atoms with Crippen molar-refractivity contribution >= 4 is 28.2 Å². The maximum absolute atomic E-state index is 13.1. The van der Waals surface area contributed by atoms with Crippen molar-refractivity contribution in [3.63, 3.8) is 0 Å². The van der Waals surface area contributed by atoms with Crippen LogP contribution < -0.4 is 5.56 Å². The molecule has 1 saturated heterocycles. The van der Waals surface area contributed by atoms with Gasteiger partial charge in [0.2, 0.25) is 0 Å². The van der Waals surface area contributed by atoms with Crippen LogP contribution in [-0.4, -0.2) is 39.0 Å². The Balaban J connectivity index is 1.68. The van der Waals surface area contributed by atoms with Crippen LogP contribution in [0.25, 0.3) is 27.7 Å². The predicted octanol–water partition coefficient (Wildman–Crippen LogP) is 3.69. The van der Waals surface area contributed by atoms with Gasteiger partial charge in [-0.15, -0.1) is 0 Å². The first-order valence-corrected chi connectivity index (χ1v) is 10.3. The van der Waals surface area contributed by atoms with Crippen molar-refractivity contribution in [2.45, 2.75) is 32.1 Å². The van der Waals surface area contributed by atoms with Crippen LogP contribution in [0.1, 0.15) is 18.5 Å². The van der Waals surface area contributed by atoms with E-state index in [1.807, 2.05) is 36.5 Å². The van der Waals surface area contributed by atoms with E-state index in [1.54, 1.807) is 22.4 Å². The number of nitrogens with zero attached hydrogens (tertiary/aromatic N) is 4. The lowest BCUT2D eigenvalue weighted by molar-refractivity contribution is 0.0963. The molecule has 1 aromatic carbocycles. The molecular weight excluding hydrogens is 404 g/mol. The molecule has 0 bridgehead atoms. The summed E-state index contributed by atoms with van der Waals surface area (Å²) in [4.78, 5) is 17.7. The summed E-state index contributed by atoms with van der Waals surface area (Å²) in [5.74, 6) is 0. The maximum atomic E-state index is 13.1. The molecule has 0 spiro atoms. The van der Waals surface area contributed by atoms with Gasteiger partial charge in [-0.25, -0.2) is 9.50 Å². The van der Waals surface area contributed by atoms with Crippen molar-refractivity contribution in [1.29, 1.82) is 0 Å². The molecule has 0 amide bonds. The van der Waals surface area contributed by atoms with E-state index in [1.165, 1.54) is 0 Å². The fraction of sp³-hybridized carbons (Fsp3) is 0.318. The molecule has 1 aliphatic rings. The number of fused-ring (bicyclic) bond motifs is 3. The van der Waals surface area contributed by atoms with Crippen molar-refractivity contribution < 1.29 is 9.47 Å². The summed E-state index contributed by atoms with van der Waals surface area (Å²) in [5.41, 5.74) is 3.87. The van der Waals surface area contributed by atoms with Crippen molar-refractivity contribution in [3.05, 3.63) is 63.8 Å². The Hall–Kier alpha value is -2.74. The van der Waals surface area contributed by atoms with Gasteiger partial charge in [-0.3, -0.25) is 4.79 Å². The highest BCUT2D eigenvalue weighted by atomic mass is 35.5. The maximum Gasteiger partial charge on any atom is 0.261 e. The average Bonchev–Trinajstić information content (AvgIpc) is 3.39. The van der Waals surface area contributed by atoms with E-state index in [0.717, 1.165) is 36.3 Å². The Morgan fingerprint density at radius 2 is 2.10 bits per heavy atom. The summed E-state index contributed by atoms with van der Waals surface area (Å²) in [6, 6.07) is 9.45. The number of methoxy groups -OCH3 is 1. The van der Waals surface area contributed by atoms with Gasteiger partial charge >= 0.3 is 0 Å². The first-order chi connectivity index (χ1) is 14.7. The van der Waals surface area contributed by atoms with Crippen molar-refractivity contribution in [3.8, 4) is 11.1 Å². The zero-order chi connectivity index (χ0) is 20.7. The van der Waals surface area contributed by atoms with Crippen LogP contribution in [0.3, 0.4) is 0 Å². The topological polar surface area (TPSA) is 70.7 Å². The number of rotatable bonds is 5. The second kappa shape index (κ2) is 7.83. The highest BCUT2D eigenvalue weighted by molar-refractivity contribution is 6.30. The summed E-state index contributed by atoms with van der Waals surface area (Å²) in [7, 11) is 1.63. The molecule has 154 valence electrons. The molecule has 0 aliphatic carbocycles. The number of aromatic nitrogens is 4. The van der Waals surface area contributed by atoms with Gasteiger partial charge in [-0.1, -0.05) is 23.7 Å². The number of hydrogen-bond acceptors (Lipinski definition) is 5. The van der Waals surface area contributed by atoms with Crippen molar-refractivity contribution in [1.82, 2.24) is 19.2 Å². The minimum absolute atomic E-state index is 0.0887. The number of ether oxygens (including phenoxy) is 2. The third-order valence-electron chi connectivity index (χ3n) is 5.50. The van der Waals surface area contributed by atoms with Gasteiger partial charge in [-0.05, 0) is 36.6 Å². The summed E-state index contributed by atoms with van der Waals surface area (Å²) in [6.07, 6.45) is 5.55. The summed E-state index contributed by atoms with van der Waals surface area (Å²) < 4.78 is 14.5. The first kappa shape index (κ1) is 19.2. The van der Waals surface area contributed by atoms with Gasteiger partial charge in [0.15, 0.2) is 5.65 Å². The largest absolute Gasteiger partial charge is 0.378 e. The Labute approximate surface area is 177 Å². The molecule has 7 nitrogen and oxygen atoms in total. The molecule has 0 saturated carbocycles. The second-order valence-corrected chi connectivity index (χ2v) is 7.90. The molecule has 4 aromatic rings. The van der Waals surface area contributed by atoms with Crippen LogP contribution in [0.4, 0.5) is 0 Å². The Kier molecular flexibility index (Phi) is 5.02. The molecule has 1 atom stereocenters. The molecule has 4 heterocycles. The zero-order valence-corrected chi connectivity index (χ0v) is 17.3. The molecule has 0 radical (unpaired) electrons. The van der Waals surface area contributed by atoms with Crippen molar-refractivity contribution in [2.75, 3.05) is 13.7 Å². The monoisotopic (exact) mass is 424 g/mol. The smallest absolute Gasteiger partial charge is 0.261 e. The lowest BCUT2D eigenvalue weighted by Crippen LogP contribution is -2.26. The number of benzene rings is 1. The van der Waals surface area contributed by atoms with Gasteiger partial charge in [0.1, 0.15) is 0 Å². The lowest BCUT2D eigenvalue weighted by atomic mass is 10.1. The van der Waals surface area contributed by atoms with E-state index >= 15 is 0 Å². The Bertz CT molecular complexity index is 1270. The highest BCUT2D eigenvalue weighted by Gasteiger charge is 2.20.